The number of hydrogen-bond donors (Lipinski definition) is 0. The van der Waals surface area contributed by atoms with Gasteiger partial charge in [0.15, 0.2) is 0 Å². The van der Waals surface area contributed by atoms with E-state index in [1.165, 1.54) is 5.57 Å². The van der Waals surface area contributed by atoms with Crippen LogP contribution in [0.4, 0.5) is 0 Å². The molecule has 0 aliphatic rings. The molecule has 0 N–H and O–H groups in total. The predicted octanol–water partition coefficient (Wildman–Crippen LogP) is 3.28. The van der Waals surface area contributed by atoms with Gasteiger partial charge in [-0.3, -0.25) is 0 Å². The van der Waals surface area contributed by atoms with Crippen LogP contribution in [0.3, 0.4) is 0 Å². The normalized spacial score (nSPS) is 10.0. The molecule has 10 heavy (non-hydrogen) atoms. The van der Waals surface area contributed by atoms with Gasteiger partial charge in [-0.25, -0.2) is 0 Å². The second-order valence-corrected chi connectivity index (χ2v) is 4.43. The summed E-state index contributed by atoms with van der Waals surface area (Å²) < 4.78 is 1.09. The Morgan fingerprint density at radius 2 is 2.10 bits per heavy atom. The van der Waals surface area contributed by atoms with Crippen molar-refractivity contribution in [2.45, 2.75) is 20.8 Å². The highest BCUT2D eigenvalue weighted by Crippen LogP contribution is 2.14. The first-order valence-electron chi connectivity index (χ1n) is 3.35. The summed E-state index contributed by atoms with van der Waals surface area (Å²) in [5.41, 5.74) is 1.19. The molecule has 0 saturated carbocycles. The summed E-state index contributed by atoms with van der Waals surface area (Å²) in [5, 5.41) is 0. The minimum absolute atomic E-state index is 0.513. The Balaban J connectivity index is 3.50. The quantitative estimate of drug-likeness (QED) is 0.476. The van der Waals surface area contributed by atoms with E-state index in [2.05, 4.69) is 20.4 Å². The van der Waals surface area contributed by atoms with Crippen molar-refractivity contribution in [3.8, 4) is 0 Å². The zero-order valence-electron chi connectivity index (χ0n) is 6.81. The Morgan fingerprint density at radius 3 is 2.40 bits per heavy atom. The predicted molar refractivity (Wildman–Crippen MR) is 54.7 cm³/mol. The van der Waals surface area contributed by atoms with Gasteiger partial charge in [-0.15, -0.1) is 11.8 Å². The molecule has 0 heterocycles. The van der Waals surface area contributed by atoms with E-state index in [1.807, 2.05) is 6.92 Å². The maximum absolute atomic E-state index is 5.12. The van der Waals surface area contributed by atoms with Gasteiger partial charge in [0.2, 0.25) is 0 Å². The van der Waals surface area contributed by atoms with Crippen molar-refractivity contribution in [1.29, 1.82) is 0 Å². The maximum Gasteiger partial charge on any atom is 0.0507 e. The molecule has 0 unspecified atom stereocenters. The van der Waals surface area contributed by atoms with Gasteiger partial charge >= 0.3 is 0 Å². The Bertz CT molecular complexity index is 136. The number of rotatable bonds is 3. The fourth-order valence-electron chi connectivity index (χ4n) is 0.361. The number of thioether (sulfide) groups is 1. The minimum Gasteiger partial charge on any atom is -0.114 e. The van der Waals surface area contributed by atoms with Gasteiger partial charge < -0.3 is 0 Å². The molecule has 2 heteroatoms. The van der Waals surface area contributed by atoms with Crippen LogP contribution >= 0.6 is 24.0 Å². The van der Waals surface area contributed by atoms with Crippen LogP contribution in [0.1, 0.15) is 20.8 Å². The lowest BCUT2D eigenvalue weighted by Crippen LogP contribution is -1.99. The monoisotopic (exact) mass is 174 g/mol. The van der Waals surface area contributed by atoms with Gasteiger partial charge in [-0.05, 0) is 12.8 Å². The third kappa shape index (κ3) is 5.00. The van der Waals surface area contributed by atoms with Crippen molar-refractivity contribution in [2.24, 2.45) is 5.92 Å². The first kappa shape index (κ1) is 10.2. The van der Waals surface area contributed by atoms with Gasteiger partial charge in [-0.2, -0.15) is 0 Å². The standard InChI is InChI=1S/C8H14S2/c1-6(2)5-10-8(9)7(3)4/h7H,1,5H2,2-4H3. The molecule has 0 fully saturated rings. The van der Waals surface area contributed by atoms with E-state index >= 15 is 0 Å². The van der Waals surface area contributed by atoms with E-state index in [-0.39, 0.29) is 0 Å². The second-order valence-electron chi connectivity index (χ2n) is 2.72. The largest absolute Gasteiger partial charge is 0.114 e. The van der Waals surface area contributed by atoms with Gasteiger partial charge in [-0.1, -0.05) is 38.2 Å². The molecule has 0 spiro atoms. The highest BCUT2D eigenvalue weighted by molar-refractivity contribution is 8.23. The number of hydrogen-bond acceptors (Lipinski definition) is 2. The van der Waals surface area contributed by atoms with Crippen LogP contribution in [-0.4, -0.2) is 9.95 Å². The van der Waals surface area contributed by atoms with Crippen molar-refractivity contribution in [2.75, 3.05) is 5.75 Å². The third-order valence-electron chi connectivity index (χ3n) is 0.932. The molecule has 0 radical (unpaired) electrons. The molecule has 0 atom stereocenters. The summed E-state index contributed by atoms with van der Waals surface area (Å²) >= 11 is 6.84. The van der Waals surface area contributed by atoms with E-state index in [0.717, 1.165) is 9.95 Å². The Kier molecular flexibility index (Phi) is 5.00. The van der Waals surface area contributed by atoms with Crippen molar-refractivity contribution >= 4 is 28.2 Å². The van der Waals surface area contributed by atoms with Crippen molar-refractivity contribution in [3.63, 3.8) is 0 Å². The zero-order valence-corrected chi connectivity index (χ0v) is 8.44. The molecule has 0 aliphatic carbocycles. The highest BCUT2D eigenvalue weighted by atomic mass is 32.2. The Labute approximate surface area is 73.1 Å². The van der Waals surface area contributed by atoms with Crippen molar-refractivity contribution in [3.05, 3.63) is 12.2 Å². The van der Waals surface area contributed by atoms with Gasteiger partial charge in [0.05, 0.1) is 4.20 Å². The minimum atomic E-state index is 0.513. The second kappa shape index (κ2) is 4.91. The summed E-state index contributed by atoms with van der Waals surface area (Å²) in [6.45, 7) is 10.1. The highest BCUT2D eigenvalue weighted by Gasteiger charge is 2.01. The van der Waals surface area contributed by atoms with Crippen LogP contribution in [0.2, 0.25) is 0 Å². The summed E-state index contributed by atoms with van der Waals surface area (Å²) in [4.78, 5) is 0. The van der Waals surface area contributed by atoms with Crippen molar-refractivity contribution in [1.82, 2.24) is 0 Å². The molecular formula is C8H14S2. The molecule has 0 aliphatic heterocycles. The average molecular weight is 174 g/mol. The lowest BCUT2D eigenvalue weighted by molar-refractivity contribution is 0.915. The van der Waals surface area contributed by atoms with Gasteiger partial charge in [0, 0.05) is 5.75 Å². The first-order chi connectivity index (χ1) is 4.54. The molecule has 58 valence electrons. The maximum atomic E-state index is 5.12. The van der Waals surface area contributed by atoms with Crippen LogP contribution in [-0.2, 0) is 0 Å². The summed E-state index contributed by atoms with van der Waals surface area (Å²) in [7, 11) is 0. The molecule has 0 aromatic heterocycles. The summed E-state index contributed by atoms with van der Waals surface area (Å²) in [6, 6.07) is 0. The molecule has 0 saturated heterocycles. The fraction of sp³-hybridized carbons (Fsp3) is 0.625. The molecular weight excluding hydrogens is 160 g/mol. The van der Waals surface area contributed by atoms with E-state index in [1.54, 1.807) is 11.8 Å². The average Bonchev–Trinajstić information content (AvgIpc) is 1.82. The van der Waals surface area contributed by atoms with Crippen LogP contribution in [0, 0.1) is 5.92 Å². The van der Waals surface area contributed by atoms with E-state index in [9.17, 15) is 0 Å². The Hall–Kier alpha value is 0.180. The van der Waals surface area contributed by atoms with Crippen LogP contribution < -0.4 is 0 Å². The third-order valence-corrected chi connectivity index (χ3v) is 3.15. The van der Waals surface area contributed by atoms with Crippen molar-refractivity contribution < 1.29 is 0 Å². The zero-order chi connectivity index (χ0) is 8.15. The Morgan fingerprint density at radius 1 is 1.60 bits per heavy atom. The molecule has 0 rings (SSSR count). The molecule has 0 amide bonds. The topological polar surface area (TPSA) is 0 Å². The first-order valence-corrected chi connectivity index (χ1v) is 4.74. The molecule has 0 aromatic carbocycles. The molecule has 0 nitrogen and oxygen atoms in total. The van der Waals surface area contributed by atoms with Crippen LogP contribution in [0.5, 0.6) is 0 Å². The lowest BCUT2D eigenvalue weighted by Gasteiger charge is -2.05. The SMILES string of the molecule is C=C(C)CSC(=S)C(C)C. The molecule has 0 bridgehead atoms. The lowest BCUT2D eigenvalue weighted by atomic mass is 10.3. The van der Waals surface area contributed by atoms with Crippen LogP contribution in [0.25, 0.3) is 0 Å². The molecule has 0 aromatic rings. The fourth-order valence-corrected chi connectivity index (χ4v) is 1.26. The van der Waals surface area contributed by atoms with Gasteiger partial charge in [0.1, 0.15) is 0 Å². The number of thiocarbonyl (C=S) groups is 1. The summed E-state index contributed by atoms with van der Waals surface area (Å²) in [6.07, 6.45) is 0. The van der Waals surface area contributed by atoms with E-state index in [4.69, 9.17) is 12.2 Å². The van der Waals surface area contributed by atoms with Crippen LogP contribution in [0.15, 0.2) is 12.2 Å². The smallest absolute Gasteiger partial charge is 0.0507 e. The van der Waals surface area contributed by atoms with E-state index < -0.39 is 0 Å². The van der Waals surface area contributed by atoms with Gasteiger partial charge in [0.25, 0.3) is 0 Å². The van der Waals surface area contributed by atoms with E-state index in [0.29, 0.717) is 5.92 Å². The summed E-state index contributed by atoms with van der Waals surface area (Å²) in [5.74, 6) is 1.48.